The molecule has 1 fully saturated rings. The summed E-state index contributed by atoms with van der Waals surface area (Å²) in [6.45, 7) is 1.90. The van der Waals surface area contributed by atoms with Crippen molar-refractivity contribution in [2.24, 2.45) is 0 Å². The number of anilines is 1. The van der Waals surface area contributed by atoms with Gasteiger partial charge in [0.2, 0.25) is 15.9 Å². The molecule has 0 bridgehead atoms. The lowest BCUT2D eigenvalue weighted by molar-refractivity contribution is -0.118. The van der Waals surface area contributed by atoms with E-state index in [0.717, 1.165) is 12.8 Å². The third kappa shape index (κ3) is 5.91. The number of rotatable bonds is 8. The molecule has 0 aromatic heterocycles. The molecule has 25 heavy (non-hydrogen) atoms. The second-order valence-electron chi connectivity index (χ2n) is 5.62. The molecule has 1 aliphatic carbocycles. The maximum Gasteiger partial charge on any atom is 0.319 e. The van der Waals surface area contributed by atoms with Gasteiger partial charge in [-0.2, -0.15) is 0 Å². The van der Waals surface area contributed by atoms with E-state index in [9.17, 15) is 18.0 Å². The van der Waals surface area contributed by atoms with Crippen molar-refractivity contribution in [3.63, 3.8) is 0 Å². The molecule has 0 aliphatic heterocycles. The van der Waals surface area contributed by atoms with Crippen LogP contribution < -0.4 is 25.4 Å². The van der Waals surface area contributed by atoms with Gasteiger partial charge in [0, 0.05) is 26.1 Å². The van der Waals surface area contributed by atoms with Crippen molar-refractivity contribution < 1.29 is 22.7 Å². The third-order valence-electron chi connectivity index (χ3n) is 3.41. The fourth-order valence-electron chi connectivity index (χ4n) is 2.02. The zero-order valence-corrected chi connectivity index (χ0v) is 14.9. The Labute approximate surface area is 146 Å². The molecule has 1 aromatic rings. The number of nitrogens with one attached hydrogen (secondary N) is 4. The van der Waals surface area contributed by atoms with E-state index >= 15 is 0 Å². The van der Waals surface area contributed by atoms with Crippen LogP contribution in [0.2, 0.25) is 0 Å². The number of methoxy groups -OCH3 is 1. The summed E-state index contributed by atoms with van der Waals surface area (Å²) in [7, 11) is -2.21. The normalized spacial score (nSPS) is 13.8. The molecule has 1 saturated carbocycles. The van der Waals surface area contributed by atoms with E-state index in [-0.39, 0.29) is 29.1 Å². The van der Waals surface area contributed by atoms with Gasteiger partial charge in [0.15, 0.2) is 0 Å². The van der Waals surface area contributed by atoms with Gasteiger partial charge in [-0.15, -0.1) is 0 Å². The fourth-order valence-corrected chi connectivity index (χ4v) is 3.35. The zero-order chi connectivity index (χ0) is 18.4. The van der Waals surface area contributed by atoms with Crippen LogP contribution in [0, 0.1) is 0 Å². The molecule has 2 rings (SSSR count). The van der Waals surface area contributed by atoms with Crippen molar-refractivity contribution in [1.29, 1.82) is 0 Å². The molecule has 0 heterocycles. The highest BCUT2D eigenvalue weighted by molar-refractivity contribution is 7.89. The summed E-state index contributed by atoms with van der Waals surface area (Å²) in [5.41, 5.74) is 0.234. The monoisotopic (exact) mass is 370 g/mol. The van der Waals surface area contributed by atoms with Crippen LogP contribution in [0.4, 0.5) is 10.5 Å². The van der Waals surface area contributed by atoms with Crippen LogP contribution in [0.3, 0.4) is 0 Å². The van der Waals surface area contributed by atoms with Crippen molar-refractivity contribution in [1.82, 2.24) is 15.4 Å². The van der Waals surface area contributed by atoms with Gasteiger partial charge >= 0.3 is 6.03 Å². The highest BCUT2D eigenvalue weighted by Crippen LogP contribution is 2.29. The van der Waals surface area contributed by atoms with Crippen molar-refractivity contribution >= 4 is 27.6 Å². The summed E-state index contributed by atoms with van der Waals surface area (Å²) in [4.78, 5) is 22.7. The Balaban J connectivity index is 2.03. The zero-order valence-electron chi connectivity index (χ0n) is 14.1. The topological polar surface area (TPSA) is 126 Å². The van der Waals surface area contributed by atoms with Crippen LogP contribution >= 0.6 is 0 Å². The summed E-state index contributed by atoms with van der Waals surface area (Å²) in [6.07, 6.45) is 1.66. The molecule has 138 valence electrons. The van der Waals surface area contributed by atoms with Crippen molar-refractivity contribution in [3.05, 3.63) is 18.2 Å². The standard InChI is InChI=1S/C15H22N4O5S/c1-10(20)16-7-8-17-15(21)18-13-9-12(5-6-14(13)24-2)25(22,23)19-11-3-4-11/h5-6,9,11,19H,3-4,7-8H2,1-2H3,(H,16,20)(H2,17,18,21). The number of carbonyl (C=O) groups excluding carboxylic acids is 2. The molecule has 0 radical (unpaired) electrons. The Bertz CT molecular complexity index is 746. The predicted molar refractivity (Wildman–Crippen MR) is 92.0 cm³/mol. The molecule has 0 unspecified atom stereocenters. The second-order valence-corrected chi connectivity index (χ2v) is 7.34. The van der Waals surface area contributed by atoms with E-state index in [1.165, 1.54) is 32.2 Å². The van der Waals surface area contributed by atoms with Crippen LogP contribution in [0.5, 0.6) is 5.75 Å². The number of carbonyl (C=O) groups is 2. The van der Waals surface area contributed by atoms with Gasteiger partial charge in [-0.05, 0) is 31.0 Å². The van der Waals surface area contributed by atoms with Crippen molar-refractivity contribution in [3.8, 4) is 5.75 Å². The van der Waals surface area contributed by atoms with Crippen LogP contribution in [0.1, 0.15) is 19.8 Å². The third-order valence-corrected chi connectivity index (χ3v) is 4.93. The Morgan fingerprint density at radius 2 is 1.88 bits per heavy atom. The second kappa shape index (κ2) is 8.17. The Morgan fingerprint density at radius 3 is 2.48 bits per heavy atom. The number of sulfonamides is 1. The molecule has 0 saturated heterocycles. The van der Waals surface area contributed by atoms with Gasteiger partial charge in [-0.25, -0.2) is 17.9 Å². The maximum atomic E-state index is 12.3. The average Bonchev–Trinajstić information content (AvgIpc) is 3.34. The first-order valence-corrected chi connectivity index (χ1v) is 9.30. The van der Waals surface area contributed by atoms with E-state index < -0.39 is 16.1 Å². The lowest BCUT2D eigenvalue weighted by Crippen LogP contribution is -2.36. The van der Waals surface area contributed by atoms with Crippen molar-refractivity contribution in [2.45, 2.75) is 30.7 Å². The summed E-state index contributed by atoms with van der Waals surface area (Å²) in [5, 5.41) is 7.65. The highest BCUT2D eigenvalue weighted by atomic mass is 32.2. The summed E-state index contributed by atoms with van der Waals surface area (Å²) < 4.78 is 32.3. The number of hydrogen-bond donors (Lipinski definition) is 4. The number of amides is 3. The minimum Gasteiger partial charge on any atom is -0.495 e. The van der Waals surface area contributed by atoms with Gasteiger partial charge in [-0.3, -0.25) is 4.79 Å². The molecule has 0 atom stereocenters. The van der Waals surface area contributed by atoms with Gasteiger partial charge < -0.3 is 20.7 Å². The van der Waals surface area contributed by atoms with E-state index in [0.29, 0.717) is 12.3 Å². The fraction of sp³-hybridized carbons (Fsp3) is 0.467. The first-order chi connectivity index (χ1) is 11.8. The van der Waals surface area contributed by atoms with E-state index in [4.69, 9.17) is 4.74 Å². The molecular formula is C15H22N4O5S. The molecule has 10 heteroatoms. The molecule has 0 spiro atoms. The lowest BCUT2D eigenvalue weighted by Gasteiger charge is -2.13. The quantitative estimate of drug-likeness (QED) is 0.493. The van der Waals surface area contributed by atoms with Crippen LogP contribution in [-0.4, -0.2) is 46.6 Å². The first-order valence-electron chi connectivity index (χ1n) is 7.81. The van der Waals surface area contributed by atoms with Crippen LogP contribution in [0.15, 0.2) is 23.1 Å². The molecular weight excluding hydrogens is 348 g/mol. The van der Waals surface area contributed by atoms with Crippen LogP contribution in [-0.2, 0) is 14.8 Å². The number of benzene rings is 1. The number of hydrogen-bond acceptors (Lipinski definition) is 5. The molecule has 3 amide bonds. The smallest absolute Gasteiger partial charge is 0.319 e. The largest absolute Gasteiger partial charge is 0.495 e. The Hall–Kier alpha value is -2.33. The van der Waals surface area contributed by atoms with Crippen molar-refractivity contribution in [2.75, 3.05) is 25.5 Å². The molecule has 1 aliphatic rings. The van der Waals surface area contributed by atoms with E-state index in [1.807, 2.05) is 0 Å². The van der Waals surface area contributed by atoms with Gasteiger partial charge in [0.25, 0.3) is 0 Å². The van der Waals surface area contributed by atoms with Gasteiger partial charge in [0.1, 0.15) is 5.75 Å². The summed E-state index contributed by atoms with van der Waals surface area (Å²) >= 11 is 0. The molecule has 1 aromatic carbocycles. The summed E-state index contributed by atoms with van der Waals surface area (Å²) in [6, 6.07) is 3.70. The minimum absolute atomic E-state index is 0.0133. The van der Waals surface area contributed by atoms with E-state index in [2.05, 4.69) is 20.7 Å². The lowest BCUT2D eigenvalue weighted by atomic mass is 10.3. The average molecular weight is 370 g/mol. The molecule has 4 N–H and O–H groups in total. The van der Waals surface area contributed by atoms with Gasteiger partial charge in [0.05, 0.1) is 17.7 Å². The highest BCUT2D eigenvalue weighted by Gasteiger charge is 2.28. The summed E-state index contributed by atoms with van der Waals surface area (Å²) in [5.74, 6) is 0.146. The van der Waals surface area contributed by atoms with Crippen LogP contribution in [0.25, 0.3) is 0 Å². The minimum atomic E-state index is -3.64. The SMILES string of the molecule is COc1ccc(S(=O)(=O)NC2CC2)cc1NC(=O)NCCNC(C)=O. The first kappa shape index (κ1) is 19.0. The molecule has 9 nitrogen and oxygen atoms in total. The number of ether oxygens (including phenoxy) is 1. The maximum absolute atomic E-state index is 12.3. The predicted octanol–water partition coefficient (Wildman–Crippen LogP) is 0.394. The van der Waals surface area contributed by atoms with Gasteiger partial charge in [-0.1, -0.05) is 0 Å². The Morgan fingerprint density at radius 1 is 1.20 bits per heavy atom. The van der Waals surface area contributed by atoms with E-state index in [1.54, 1.807) is 0 Å². The number of urea groups is 1. The Kier molecular flexibility index (Phi) is 6.21.